The molecule has 0 saturated heterocycles. The van der Waals surface area contributed by atoms with Gasteiger partial charge < -0.3 is 5.32 Å². The smallest absolute Gasteiger partial charge is 0.0762 e. The number of benzene rings is 1. The maximum absolute atomic E-state index is 6.27. The molecule has 0 aliphatic rings. The van der Waals surface area contributed by atoms with Crippen LogP contribution in [0.4, 0.5) is 0 Å². The summed E-state index contributed by atoms with van der Waals surface area (Å²) in [5.41, 5.74) is 1.87. The highest BCUT2D eigenvalue weighted by Gasteiger charge is 2.17. The lowest BCUT2D eigenvalue weighted by molar-refractivity contribution is 0.518. The van der Waals surface area contributed by atoms with Crippen molar-refractivity contribution in [3.63, 3.8) is 0 Å². The van der Waals surface area contributed by atoms with E-state index in [0.717, 1.165) is 24.2 Å². The van der Waals surface area contributed by atoms with Crippen LogP contribution in [0.2, 0.25) is 15.1 Å². The Morgan fingerprint density at radius 2 is 1.95 bits per heavy atom. The first-order valence-corrected chi connectivity index (χ1v) is 8.03. The van der Waals surface area contributed by atoms with Gasteiger partial charge in [-0.3, -0.25) is 4.98 Å². The van der Waals surface area contributed by atoms with Gasteiger partial charge in [-0.1, -0.05) is 47.8 Å². The molecule has 1 aromatic heterocycles. The van der Waals surface area contributed by atoms with E-state index in [9.17, 15) is 0 Å². The molecule has 0 aliphatic heterocycles. The average molecular weight is 344 g/mol. The van der Waals surface area contributed by atoms with Crippen LogP contribution in [0, 0.1) is 0 Å². The molecule has 2 rings (SSSR count). The molecule has 112 valence electrons. The number of nitrogens with zero attached hydrogens (tertiary/aromatic N) is 1. The topological polar surface area (TPSA) is 24.9 Å². The number of aromatic nitrogens is 1. The molecular formula is C16H17Cl3N2. The second kappa shape index (κ2) is 8.00. The first-order valence-electron chi connectivity index (χ1n) is 6.89. The molecule has 0 fully saturated rings. The van der Waals surface area contributed by atoms with E-state index < -0.39 is 0 Å². The van der Waals surface area contributed by atoms with E-state index in [-0.39, 0.29) is 6.04 Å². The fourth-order valence-corrected chi connectivity index (χ4v) is 2.88. The van der Waals surface area contributed by atoms with Crippen molar-refractivity contribution in [2.24, 2.45) is 0 Å². The summed E-state index contributed by atoms with van der Waals surface area (Å²) < 4.78 is 0. The predicted molar refractivity (Wildman–Crippen MR) is 90.4 cm³/mol. The van der Waals surface area contributed by atoms with E-state index >= 15 is 0 Å². The van der Waals surface area contributed by atoms with Gasteiger partial charge in [-0.2, -0.15) is 0 Å². The molecule has 0 bridgehead atoms. The molecule has 1 N–H and O–H groups in total. The summed E-state index contributed by atoms with van der Waals surface area (Å²) in [4.78, 5) is 4.41. The number of halogens is 3. The summed E-state index contributed by atoms with van der Waals surface area (Å²) in [6.07, 6.45) is 3.51. The summed E-state index contributed by atoms with van der Waals surface area (Å²) in [5, 5.41) is 5.44. The fourth-order valence-electron chi connectivity index (χ4n) is 2.15. The van der Waals surface area contributed by atoms with Crippen molar-refractivity contribution < 1.29 is 0 Å². The highest BCUT2D eigenvalue weighted by molar-refractivity contribution is 6.35. The Hall–Kier alpha value is -0.800. The van der Waals surface area contributed by atoms with E-state index in [1.165, 1.54) is 0 Å². The number of nitrogens with one attached hydrogen (secondary N) is 1. The van der Waals surface area contributed by atoms with Gasteiger partial charge in [0.15, 0.2) is 0 Å². The van der Waals surface area contributed by atoms with E-state index in [1.807, 2.05) is 24.3 Å². The van der Waals surface area contributed by atoms with Crippen molar-refractivity contribution in [1.82, 2.24) is 10.3 Å². The molecule has 1 aromatic carbocycles. The van der Waals surface area contributed by atoms with Crippen LogP contribution in [0.5, 0.6) is 0 Å². The Kier molecular flexibility index (Phi) is 6.31. The Labute approximate surface area is 140 Å². The van der Waals surface area contributed by atoms with Crippen molar-refractivity contribution >= 4 is 34.8 Å². The normalized spacial score (nSPS) is 12.4. The lowest BCUT2D eigenvalue weighted by Gasteiger charge is -2.20. The summed E-state index contributed by atoms with van der Waals surface area (Å²) in [6.45, 7) is 3.02. The molecule has 2 aromatic rings. The SMILES string of the molecule is CCCNC(Cc1ccc(Cl)cc1Cl)c1ncccc1Cl. The number of hydrogen-bond acceptors (Lipinski definition) is 2. The third kappa shape index (κ3) is 4.58. The zero-order valence-corrected chi connectivity index (χ0v) is 14.0. The van der Waals surface area contributed by atoms with E-state index in [2.05, 4.69) is 17.2 Å². The summed E-state index contributed by atoms with van der Waals surface area (Å²) in [7, 11) is 0. The third-order valence-corrected chi connectivity index (χ3v) is 4.10. The van der Waals surface area contributed by atoms with E-state index in [1.54, 1.807) is 12.3 Å². The van der Waals surface area contributed by atoms with Crippen LogP contribution in [-0.2, 0) is 6.42 Å². The molecule has 5 heteroatoms. The molecule has 0 aliphatic carbocycles. The molecule has 1 unspecified atom stereocenters. The summed E-state index contributed by atoms with van der Waals surface area (Å²) >= 11 is 18.5. The lowest BCUT2D eigenvalue weighted by Crippen LogP contribution is -2.25. The minimum Gasteiger partial charge on any atom is -0.308 e. The number of rotatable bonds is 6. The van der Waals surface area contributed by atoms with Gasteiger partial charge in [0.1, 0.15) is 0 Å². The van der Waals surface area contributed by atoms with Crippen LogP contribution in [0.1, 0.15) is 30.6 Å². The maximum atomic E-state index is 6.27. The van der Waals surface area contributed by atoms with Crippen molar-refractivity contribution in [2.45, 2.75) is 25.8 Å². The third-order valence-electron chi connectivity index (χ3n) is 3.20. The summed E-state index contributed by atoms with van der Waals surface area (Å²) in [5.74, 6) is 0. The molecule has 0 saturated carbocycles. The van der Waals surface area contributed by atoms with Gasteiger partial charge in [-0.25, -0.2) is 0 Å². The minimum absolute atomic E-state index is 0.0253. The minimum atomic E-state index is 0.0253. The first-order chi connectivity index (χ1) is 10.1. The van der Waals surface area contributed by atoms with Crippen molar-refractivity contribution in [2.75, 3.05) is 6.54 Å². The molecular weight excluding hydrogens is 327 g/mol. The van der Waals surface area contributed by atoms with Crippen molar-refractivity contribution in [1.29, 1.82) is 0 Å². The molecule has 1 heterocycles. The van der Waals surface area contributed by atoms with Crippen LogP contribution < -0.4 is 5.32 Å². The van der Waals surface area contributed by atoms with Gasteiger partial charge >= 0.3 is 0 Å². The second-order valence-corrected chi connectivity index (χ2v) is 6.07. The zero-order chi connectivity index (χ0) is 15.2. The number of pyridine rings is 1. The molecule has 0 spiro atoms. The van der Waals surface area contributed by atoms with Gasteiger partial charge in [0.05, 0.1) is 16.8 Å². The van der Waals surface area contributed by atoms with Crippen molar-refractivity contribution in [3.8, 4) is 0 Å². The van der Waals surface area contributed by atoms with Gasteiger partial charge in [0, 0.05) is 16.2 Å². The highest BCUT2D eigenvalue weighted by Crippen LogP contribution is 2.28. The Balaban J connectivity index is 2.26. The Bertz CT molecular complexity index is 602. The molecule has 21 heavy (non-hydrogen) atoms. The van der Waals surface area contributed by atoms with E-state index in [0.29, 0.717) is 21.5 Å². The Morgan fingerprint density at radius 1 is 1.14 bits per heavy atom. The highest BCUT2D eigenvalue weighted by atomic mass is 35.5. The van der Waals surface area contributed by atoms with Crippen LogP contribution in [0.15, 0.2) is 36.5 Å². The maximum Gasteiger partial charge on any atom is 0.0762 e. The average Bonchev–Trinajstić information content (AvgIpc) is 2.46. The van der Waals surface area contributed by atoms with E-state index in [4.69, 9.17) is 34.8 Å². The standard InChI is InChI=1S/C16H17Cl3N2/c1-2-7-20-15(16-13(18)4-3-8-21-16)9-11-5-6-12(17)10-14(11)19/h3-6,8,10,15,20H,2,7,9H2,1H3. The van der Waals surface area contributed by atoms with Gasteiger partial charge in [0.2, 0.25) is 0 Å². The molecule has 0 amide bonds. The molecule has 0 radical (unpaired) electrons. The van der Waals surface area contributed by atoms with Gasteiger partial charge in [-0.15, -0.1) is 0 Å². The van der Waals surface area contributed by atoms with Crippen LogP contribution in [-0.4, -0.2) is 11.5 Å². The number of hydrogen-bond donors (Lipinski definition) is 1. The largest absolute Gasteiger partial charge is 0.308 e. The Morgan fingerprint density at radius 3 is 2.62 bits per heavy atom. The monoisotopic (exact) mass is 342 g/mol. The fraction of sp³-hybridized carbons (Fsp3) is 0.312. The van der Waals surface area contributed by atoms with Crippen molar-refractivity contribution in [3.05, 3.63) is 62.9 Å². The van der Waals surface area contributed by atoms with Crippen LogP contribution in [0.25, 0.3) is 0 Å². The quantitative estimate of drug-likeness (QED) is 0.767. The predicted octanol–water partition coefficient (Wildman–Crippen LogP) is 5.33. The van der Waals surface area contributed by atoms with Gasteiger partial charge in [0.25, 0.3) is 0 Å². The zero-order valence-electron chi connectivity index (χ0n) is 11.7. The molecule has 2 nitrogen and oxygen atoms in total. The lowest BCUT2D eigenvalue weighted by atomic mass is 10.0. The van der Waals surface area contributed by atoms with Crippen LogP contribution in [0.3, 0.4) is 0 Å². The summed E-state index contributed by atoms with van der Waals surface area (Å²) in [6, 6.07) is 9.26. The second-order valence-electron chi connectivity index (χ2n) is 4.82. The van der Waals surface area contributed by atoms with Crippen LogP contribution >= 0.6 is 34.8 Å². The molecule has 1 atom stereocenters. The van der Waals surface area contributed by atoms with Gasteiger partial charge in [-0.05, 0) is 49.2 Å². The first kappa shape index (κ1) is 16.6.